The number of nitrogens with zero attached hydrogens (tertiary/aromatic N) is 5. The van der Waals surface area contributed by atoms with Crippen LogP contribution in [0.2, 0.25) is 0 Å². The number of amides is 2. The highest BCUT2D eigenvalue weighted by Crippen LogP contribution is 2.33. The van der Waals surface area contributed by atoms with Gasteiger partial charge in [0.25, 0.3) is 11.8 Å². The van der Waals surface area contributed by atoms with Gasteiger partial charge in [-0.3, -0.25) is 14.5 Å². The maximum Gasteiger partial charge on any atom is 0.262 e. The summed E-state index contributed by atoms with van der Waals surface area (Å²) in [5.41, 5.74) is 3.36. The van der Waals surface area contributed by atoms with Gasteiger partial charge in [0.15, 0.2) is 0 Å². The number of aromatic nitrogens is 1. The van der Waals surface area contributed by atoms with Crippen molar-refractivity contribution in [3.63, 3.8) is 0 Å². The molecule has 0 radical (unpaired) electrons. The van der Waals surface area contributed by atoms with Gasteiger partial charge in [-0.15, -0.1) is 0 Å². The number of methoxy groups -OCH3 is 1. The molecule has 5 rings (SSSR count). The van der Waals surface area contributed by atoms with E-state index in [2.05, 4.69) is 4.90 Å². The van der Waals surface area contributed by atoms with Gasteiger partial charge in [0.1, 0.15) is 12.3 Å². The monoisotopic (exact) mass is 529 g/mol. The molecule has 0 spiro atoms. The van der Waals surface area contributed by atoms with Crippen LogP contribution in [0.4, 0.5) is 0 Å². The standard InChI is InChI=1S/C30H35N5O4/c1-32-14-6-9-27(32)26-21-28(23-7-4-3-5-8-23)35(31-26)29(36)22-34(16-15-33-17-19-39-20-18-33)30(37)24-10-12-25(38-2)13-11-24/h3-14,28H,15-22H2,1-2H3/t28-/m0/s1. The summed E-state index contributed by atoms with van der Waals surface area (Å²) in [7, 11) is 3.56. The predicted octanol–water partition coefficient (Wildman–Crippen LogP) is 3.19. The molecule has 1 fully saturated rings. The predicted molar refractivity (Wildman–Crippen MR) is 149 cm³/mol. The zero-order chi connectivity index (χ0) is 27.2. The van der Waals surface area contributed by atoms with Crippen molar-refractivity contribution in [2.75, 3.05) is 53.0 Å². The molecule has 9 nitrogen and oxygen atoms in total. The highest BCUT2D eigenvalue weighted by molar-refractivity contribution is 6.02. The first-order valence-electron chi connectivity index (χ1n) is 13.3. The topological polar surface area (TPSA) is 79.6 Å². The first kappa shape index (κ1) is 26.6. The van der Waals surface area contributed by atoms with Crippen LogP contribution in [0.25, 0.3) is 0 Å². The van der Waals surface area contributed by atoms with Gasteiger partial charge >= 0.3 is 0 Å². The van der Waals surface area contributed by atoms with Crippen LogP contribution < -0.4 is 4.74 Å². The van der Waals surface area contributed by atoms with E-state index in [4.69, 9.17) is 14.6 Å². The average Bonchev–Trinajstić information content (AvgIpc) is 3.62. The van der Waals surface area contributed by atoms with E-state index < -0.39 is 0 Å². The summed E-state index contributed by atoms with van der Waals surface area (Å²) >= 11 is 0. The first-order valence-corrected chi connectivity index (χ1v) is 13.3. The van der Waals surface area contributed by atoms with Crippen molar-refractivity contribution in [2.45, 2.75) is 12.5 Å². The molecule has 0 saturated carbocycles. The maximum atomic E-state index is 13.9. The van der Waals surface area contributed by atoms with Crippen LogP contribution in [-0.2, 0) is 16.6 Å². The molecule has 0 aliphatic carbocycles. The number of rotatable bonds is 9. The number of morpholine rings is 1. The fourth-order valence-corrected chi connectivity index (χ4v) is 5.08. The summed E-state index contributed by atoms with van der Waals surface area (Å²) in [5.74, 6) is 0.270. The van der Waals surface area contributed by atoms with Crippen LogP contribution in [0, 0.1) is 0 Å². The van der Waals surface area contributed by atoms with Crippen molar-refractivity contribution in [2.24, 2.45) is 12.1 Å². The molecule has 0 bridgehead atoms. The largest absolute Gasteiger partial charge is 0.497 e. The first-order chi connectivity index (χ1) is 19.0. The zero-order valence-electron chi connectivity index (χ0n) is 22.5. The summed E-state index contributed by atoms with van der Waals surface area (Å²) in [4.78, 5) is 31.4. The fourth-order valence-electron chi connectivity index (χ4n) is 5.08. The lowest BCUT2D eigenvalue weighted by molar-refractivity contribution is -0.133. The molecule has 2 aliphatic rings. The van der Waals surface area contributed by atoms with Crippen LogP contribution in [0.5, 0.6) is 5.75 Å². The Morgan fingerprint density at radius 3 is 2.44 bits per heavy atom. The van der Waals surface area contributed by atoms with Crippen molar-refractivity contribution >= 4 is 17.5 Å². The molecule has 1 aromatic heterocycles. The molecule has 0 N–H and O–H groups in total. The van der Waals surface area contributed by atoms with E-state index >= 15 is 0 Å². The van der Waals surface area contributed by atoms with Crippen LogP contribution in [0.3, 0.4) is 0 Å². The minimum atomic E-state index is -0.235. The normalized spacial score (nSPS) is 17.6. The van der Waals surface area contributed by atoms with Crippen LogP contribution in [-0.4, -0.2) is 89.9 Å². The van der Waals surface area contributed by atoms with E-state index in [0.717, 1.165) is 30.1 Å². The van der Waals surface area contributed by atoms with Crippen LogP contribution >= 0.6 is 0 Å². The van der Waals surface area contributed by atoms with Gasteiger partial charge in [0, 0.05) is 51.4 Å². The minimum Gasteiger partial charge on any atom is -0.497 e. The van der Waals surface area contributed by atoms with Crippen molar-refractivity contribution in [1.29, 1.82) is 0 Å². The quantitative estimate of drug-likeness (QED) is 0.426. The van der Waals surface area contributed by atoms with Crippen molar-refractivity contribution in [1.82, 2.24) is 19.4 Å². The number of hydrazone groups is 1. The third kappa shape index (κ3) is 6.21. The molecular formula is C30H35N5O4. The van der Waals surface area contributed by atoms with Crippen LogP contribution in [0.1, 0.15) is 34.1 Å². The molecule has 204 valence electrons. The molecule has 9 heteroatoms. The number of benzene rings is 2. The second kappa shape index (κ2) is 12.3. The van der Waals surface area contributed by atoms with E-state index in [0.29, 0.717) is 44.0 Å². The summed E-state index contributed by atoms with van der Waals surface area (Å²) in [6.07, 6.45) is 2.58. The van der Waals surface area contributed by atoms with Gasteiger partial charge in [0.2, 0.25) is 0 Å². The maximum absolute atomic E-state index is 13.9. The summed E-state index contributed by atoms with van der Waals surface area (Å²) in [6, 6.07) is 20.7. The number of hydrogen-bond acceptors (Lipinski definition) is 6. The highest BCUT2D eigenvalue weighted by atomic mass is 16.5. The second-order valence-corrected chi connectivity index (χ2v) is 9.83. The molecule has 39 heavy (non-hydrogen) atoms. The number of carbonyl (C=O) groups excluding carboxylic acids is 2. The number of carbonyl (C=O) groups is 2. The average molecular weight is 530 g/mol. The zero-order valence-corrected chi connectivity index (χ0v) is 22.5. The van der Waals surface area contributed by atoms with Gasteiger partial charge in [-0.1, -0.05) is 30.3 Å². The van der Waals surface area contributed by atoms with E-state index in [1.807, 2.05) is 60.3 Å². The fraction of sp³-hybridized carbons (Fsp3) is 0.367. The van der Waals surface area contributed by atoms with E-state index in [-0.39, 0.29) is 24.4 Å². The molecule has 2 aromatic carbocycles. The van der Waals surface area contributed by atoms with Gasteiger partial charge < -0.3 is 18.9 Å². The Morgan fingerprint density at radius 1 is 1.03 bits per heavy atom. The van der Waals surface area contributed by atoms with Gasteiger partial charge in [-0.05, 0) is 42.0 Å². The summed E-state index contributed by atoms with van der Waals surface area (Å²) in [6.45, 7) is 3.99. The highest BCUT2D eigenvalue weighted by Gasteiger charge is 2.35. The molecule has 3 heterocycles. The lowest BCUT2D eigenvalue weighted by atomic mass is 10.0. The Balaban J connectivity index is 1.39. The molecule has 1 saturated heterocycles. The van der Waals surface area contributed by atoms with Gasteiger partial charge in [0.05, 0.1) is 37.8 Å². The smallest absolute Gasteiger partial charge is 0.262 e. The molecular weight excluding hydrogens is 494 g/mol. The Labute approximate surface area is 229 Å². The number of hydrogen-bond donors (Lipinski definition) is 0. The molecule has 2 aliphatic heterocycles. The Kier molecular flexibility index (Phi) is 8.39. The lowest BCUT2D eigenvalue weighted by Crippen LogP contribution is -2.46. The third-order valence-electron chi connectivity index (χ3n) is 7.33. The SMILES string of the molecule is COc1ccc(C(=O)N(CCN2CCOCC2)CC(=O)N2N=C(c3cccn3C)C[C@H]2c2ccccc2)cc1. The van der Waals surface area contributed by atoms with E-state index in [1.165, 1.54) is 0 Å². The Morgan fingerprint density at radius 2 is 1.77 bits per heavy atom. The van der Waals surface area contributed by atoms with Gasteiger partial charge in [-0.25, -0.2) is 5.01 Å². The molecule has 0 unspecified atom stereocenters. The third-order valence-corrected chi connectivity index (χ3v) is 7.33. The van der Waals surface area contributed by atoms with Gasteiger partial charge in [-0.2, -0.15) is 5.10 Å². The molecule has 1 atom stereocenters. The van der Waals surface area contributed by atoms with Crippen LogP contribution in [0.15, 0.2) is 78.0 Å². The number of aryl methyl sites for hydroxylation is 1. The van der Waals surface area contributed by atoms with E-state index in [1.54, 1.807) is 41.3 Å². The lowest BCUT2D eigenvalue weighted by Gasteiger charge is -2.31. The van der Waals surface area contributed by atoms with Crippen molar-refractivity contribution < 1.29 is 19.1 Å². The van der Waals surface area contributed by atoms with Crippen molar-refractivity contribution in [3.05, 3.63) is 89.7 Å². The number of ether oxygens (including phenoxy) is 2. The molecule has 2 amide bonds. The Hall–Kier alpha value is -3.95. The van der Waals surface area contributed by atoms with E-state index in [9.17, 15) is 9.59 Å². The minimum absolute atomic E-state index is 0.0670. The van der Waals surface area contributed by atoms with Crippen molar-refractivity contribution in [3.8, 4) is 5.75 Å². The second-order valence-electron chi connectivity index (χ2n) is 9.83. The summed E-state index contributed by atoms with van der Waals surface area (Å²) in [5, 5.41) is 6.38. The molecule has 3 aromatic rings. The summed E-state index contributed by atoms with van der Waals surface area (Å²) < 4.78 is 12.7. The Bertz CT molecular complexity index is 1300.